The molecule has 0 atom stereocenters. The number of fused-ring (bicyclic) bond motifs is 7. The summed E-state index contributed by atoms with van der Waals surface area (Å²) < 4.78 is 8.27. The van der Waals surface area contributed by atoms with E-state index in [2.05, 4.69) is 97.9 Å². The first-order valence-corrected chi connectivity index (χ1v) is 14.6. The molecule has 1 aromatic heterocycles. The third kappa shape index (κ3) is 4.38. The Hall–Kier alpha value is -3.72. The standard InChI is InChI=1S/C34H36B2N2O/c1-5-6-7-10-19-38-33-30-21-23(36-3)14-16-26(30)25-15-13-22(35-2)20-29(25)32(33)37-34(38)28-17-18-31(39-4)27-12-9-8-11-24(27)28/h8-9,11-18,20-21,35-36H,5-7,10,19H2,1-4H3. The second-order valence-corrected chi connectivity index (χ2v) is 10.7. The third-order valence-electron chi connectivity index (χ3n) is 8.33. The van der Waals surface area contributed by atoms with Crippen LogP contribution in [-0.4, -0.2) is 31.2 Å². The fraction of sp³-hybridized carbons (Fsp3) is 0.265. The highest BCUT2D eigenvalue weighted by atomic mass is 16.5. The van der Waals surface area contributed by atoms with E-state index >= 15 is 0 Å². The zero-order valence-corrected chi connectivity index (χ0v) is 23.7. The van der Waals surface area contributed by atoms with E-state index in [0.29, 0.717) is 0 Å². The molecule has 0 bridgehead atoms. The minimum Gasteiger partial charge on any atom is -0.496 e. The van der Waals surface area contributed by atoms with Crippen molar-refractivity contribution in [3.05, 3.63) is 72.8 Å². The number of unbranched alkanes of at least 4 members (excludes halogenated alkanes) is 3. The number of imidazole rings is 1. The number of nitrogens with zero attached hydrogens (tertiary/aromatic N) is 2. The molecule has 5 aromatic carbocycles. The van der Waals surface area contributed by atoms with Crippen molar-refractivity contribution in [3.63, 3.8) is 0 Å². The number of rotatable bonds is 9. The van der Waals surface area contributed by atoms with E-state index in [-0.39, 0.29) is 0 Å². The lowest BCUT2D eigenvalue weighted by molar-refractivity contribution is 0.420. The van der Waals surface area contributed by atoms with Gasteiger partial charge in [-0.05, 0) is 34.7 Å². The third-order valence-corrected chi connectivity index (χ3v) is 8.33. The fourth-order valence-corrected chi connectivity index (χ4v) is 6.16. The van der Waals surface area contributed by atoms with Crippen LogP contribution in [0.15, 0.2) is 72.8 Å². The molecule has 1 heterocycles. The summed E-state index contributed by atoms with van der Waals surface area (Å²) in [6.07, 6.45) is 4.86. The molecule has 5 heteroatoms. The Morgan fingerprint density at radius 1 is 0.718 bits per heavy atom. The number of benzene rings is 5. The minimum absolute atomic E-state index is 0.899. The molecule has 0 aliphatic carbocycles. The molecule has 6 aromatic rings. The molecule has 39 heavy (non-hydrogen) atoms. The summed E-state index contributed by atoms with van der Waals surface area (Å²) in [4.78, 5) is 5.52. The van der Waals surface area contributed by atoms with Gasteiger partial charge >= 0.3 is 0 Å². The van der Waals surface area contributed by atoms with Gasteiger partial charge in [-0.2, -0.15) is 0 Å². The summed E-state index contributed by atoms with van der Waals surface area (Å²) in [6.45, 7) is 7.70. The Labute approximate surface area is 232 Å². The average Bonchev–Trinajstić information content (AvgIpc) is 3.37. The van der Waals surface area contributed by atoms with Gasteiger partial charge in [-0.15, -0.1) is 0 Å². The highest BCUT2D eigenvalue weighted by Gasteiger charge is 2.21. The van der Waals surface area contributed by atoms with Gasteiger partial charge < -0.3 is 9.30 Å². The second-order valence-electron chi connectivity index (χ2n) is 10.7. The largest absolute Gasteiger partial charge is 0.496 e. The summed E-state index contributed by atoms with van der Waals surface area (Å²) >= 11 is 0. The van der Waals surface area contributed by atoms with Crippen LogP contribution in [0.3, 0.4) is 0 Å². The van der Waals surface area contributed by atoms with Gasteiger partial charge in [0.25, 0.3) is 0 Å². The summed E-state index contributed by atoms with van der Waals surface area (Å²) in [5, 5.41) is 7.48. The van der Waals surface area contributed by atoms with Gasteiger partial charge in [0.1, 0.15) is 11.6 Å². The highest BCUT2D eigenvalue weighted by molar-refractivity contribution is 6.53. The predicted molar refractivity (Wildman–Crippen MR) is 174 cm³/mol. The van der Waals surface area contributed by atoms with E-state index in [1.807, 2.05) is 0 Å². The molecule has 0 saturated heterocycles. The maximum absolute atomic E-state index is 5.74. The van der Waals surface area contributed by atoms with E-state index < -0.39 is 0 Å². The van der Waals surface area contributed by atoms with Gasteiger partial charge in [0, 0.05) is 28.3 Å². The van der Waals surface area contributed by atoms with Crippen LogP contribution in [0.4, 0.5) is 0 Å². The maximum atomic E-state index is 5.74. The van der Waals surface area contributed by atoms with Crippen molar-refractivity contribution in [2.75, 3.05) is 7.11 Å². The first-order valence-electron chi connectivity index (χ1n) is 14.6. The predicted octanol–water partition coefficient (Wildman–Crippen LogP) is 6.97. The Balaban J connectivity index is 1.75. The number of hydrogen-bond donors (Lipinski definition) is 0. The molecule has 3 nitrogen and oxygen atoms in total. The van der Waals surface area contributed by atoms with Crippen LogP contribution in [0.1, 0.15) is 32.6 Å². The Morgan fingerprint density at radius 3 is 2.10 bits per heavy atom. The molecule has 6 rings (SSSR count). The van der Waals surface area contributed by atoms with Gasteiger partial charge in [0.2, 0.25) is 0 Å². The number of hydrogen-bond acceptors (Lipinski definition) is 2. The summed E-state index contributed by atoms with van der Waals surface area (Å²) in [5.41, 5.74) is 6.27. The van der Waals surface area contributed by atoms with Crippen LogP contribution in [0.5, 0.6) is 5.75 Å². The van der Waals surface area contributed by atoms with Crippen molar-refractivity contribution in [3.8, 4) is 17.1 Å². The average molecular weight is 510 g/mol. The summed E-state index contributed by atoms with van der Waals surface area (Å²) in [6, 6.07) is 26.8. The SMILES string of the molecule is CBc1ccc2c3ccc(BC)cc3c3c(nc(-c4ccc(OC)c5ccccc45)n3CCCCCC)c2c1. The Kier molecular flexibility index (Phi) is 7.08. The molecule has 0 unspecified atom stereocenters. The monoisotopic (exact) mass is 510 g/mol. The van der Waals surface area contributed by atoms with Crippen molar-refractivity contribution in [2.45, 2.75) is 52.8 Å². The molecule has 0 aliphatic rings. The molecule has 0 aliphatic heterocycles. The number of methoxy groups -OCH3 is 1. The fourth-order valence-electron chi connectivity index (χ4n) is 6.16. The van der Waals surface area contributed by atoms with Crippen LogP contribution in [0, 0.1) is 0 Å². The lowest BCUT2D eigenvalue weighted by Gasteiger charge is -2.15. The van der Waals surface area contributed by atoms with Gasteiger partial charge in [0.15, 0.2) is 14.6 Å². The number of aromatic nitrogens is 2. The molecule has 0 N–H and O–H groups in total. The molecule has 0 radical (unpaired) electrons. The van der Waals surface area contributed by atoms with E-state index in [0.717, 1.165) is 55.6 Å². The van der Waals surface area contributed by atoms with Crippen LogP contribution in [0.25, 0.3) is 54.7 Å². The van der Waals surface area contributed by atoms with Gasteiger partial charge in [-0.1, -0.05) is 111 Å². The van der Waals surface area contributed by atoms with Crippen molar-refractivity contribution < 1.29 is 4.74 Å². The van der Waals surface area contributed by atoms with Crippen LogP contribution in [-0.2, 0) is 6.54 Å². The van der Waals surface area contributed by atoms with E-state index in [1.165, 1.54) is 62.6 Å². The van der Waals surface area contributed by atoms with E-state index in [1.54, 1.807) is 7.11 Å². The molecular weight excluding hydrogens is 474 g/mol. The van der Waals surface area contributed by atoms with Crippen molar-refractivity contribution in [2.24, 2.45) is 0 Å². The summed E-state index contributed by atoms with van der Waals surface area (Å²) in [7, 11) is 3.78. The minimum atomic E-state index is 0.899. The number of aryl methyl sites for hydroxylation is 1. The van der Waals surface area contributed by atoms with Crippen LogP contribution >= 0.6 is 0 Å². The molecule has 0 spiro atoms. The normalized spacial score (nSPS) is 11.6. The zero-order valence-electron chi connectivity index (χ0n) is 23.7. The molecule has 194 valence electrons. The highest BCUT2D eigenvalue weighted by Crippen LogP contribution is 2.40. The zero-order chi connectivity index (χ0) is 26.9. The molecule has 0 fully saturated rings. The first-order chi connectivity index (χ1) is 19.2. The molecule has 0 amide bonds. The van der Waals surface area contributed by atoms with Crippen molar-refractivity contribution in [1.82, 2.24) is 9.55 Å². The smallest absolute Gasteiger partial charge is 0.154 e. The summed E-state index contributed by atoms with van der Waals surface area (Å²) in [5.74, 6) is 1.95. The molecular formula is C34H36B2N2O. The van der Waals surface area contributed by atoms with E-state index in [4.69, 9.17) is 9.72 Å². The Bertz CT molecular complexity index is 1820. The van der Waals surface area contributed by atoms with Crippen molar-refractivity contribution >= 4 is 68.8 Å². The quantitative estimate of drug-likeness (QED) is 0.119. The van der Waals surface area contributed by atoms with Crippen molar-refractivity contribution in [1.29, 1.82) is 0 Å². The second kappa shape index (κ2) is 10.8. The Morgan fingerprint density at radius 2 is 1.41 bits per heavy atom. The van der Waals surface area contributed by atoms with Crippen LogP contribution in [0.2, 0.25) is 13.6 Å². The van der Waals surface area contributed by atoms with Gasteiger partial charge in [0.05, 0.1) is 18.1 Å². The lowest BCUT2D eigenvalue weighted by atomic mass is 9.72. The van der Waals surface area contributed by atoms with Crippen LogP contribution < -0.4 is 15.7 Å². The molecule has 0 saturated carbocycles. The van der Waals surface area contributed by atoms with E-state index in [9.17, 15) is 0 Å². The van der Waals surface area contributed by atoms with Gasteiger partial charge in [-0.3, -0.25) is 0 Å². The van der Waals surface area contributed by atoms with Gasteiger partial charge in [-0.25, -0.2) is 4.98 Å². The lowest BCUT2D eigenvalue weighted by Crippen LogP contribution is -2.11. The first kappa shape index (κ1) is 25.6. The number of ether oxygens (including phenoxy) is 1. The maximum Gasteiger partial charge on any atom is 0.154 e. The topological polar surface area (TPSA) is 27.1 Å².